The predicted molar refractivity (Wildman–Crippen MR) is 108 cm³/mol. The summed E-state index contributed by atoms with van der Waals surface area (Å²) in [6.45, 7) is -1.12. The van der Waals surface area contributed by atoms with Gasteiger partial charge in [-0.05, 0) is 48.5 Å². The Morgan fingerprint density at radius 3 is 2.35 bits per heavy atom. The maximum atomic E-state index is 13.3. The Hall–Kier alpha value is -3.08. The molecule has 0 bridgehead atoms. The number of halogens is 4. The van der Waals surface area contributed by atoms with E-state index in [4.69, 9.17) is 11.5 Å². The first-order chi connectivity index (χ1) is 14.7. The minimum Gasteiger partial charge on any atom is -0.336 e. The minimum atomic E-state index is -4.50. The Morgan fingerprint density at radius 2 is 1.71 bits per heavy atom. The molecule has 1 aliphatic heterocycles. The number of anilines is 1. The average molecular weight is 432 g/mol. The summed E-state index contributed by atoms with van der Waals surface area (Å²) in [7, 11) is 0. The number of aromatic nitrogens is 2. The number of fused-ring (bicyclic) bond motifs is 1. The van der Waals surface area contributed by atoms with Crippen LogP contribution in [0.15, 0.2) is 60.8 Å². The fraction of sp³-hybridized carbons (Fsp3) is 0.238. The van der Waals surface area contributed by atoms with Gasteiger partial charge in [-0.25, -0.2) is 14.3 Å². The third-order valence-corrected chi connectivity index (χ3v) is 5.07. The molecule has 0 spiro atoms. The van der Waals surface area contributed by atoms with Gasteiger partial charge in [-0.15, -0.1) is 0 Å². The summed E-state index contributed by atoms with van der Waals surface area (Å²) in [5, 5.41) is 0. The second-order valence-corrected chi connectivity index (χ2v) is 7.20. The van der Waals surface area contributed by atoms with Gasteiger partial charge < -0.3 is 10.6 Å². The van der Waals surface area contributed by atoms with Crippen LogP contribution in [0.3, 0.4) is 0 Å². The van der Waals surface area contributed by atoms with Crippen LogP contribution < -0.4 is 16.4 Å². The molecule has 3 aromatic rings. The molecule has 2 unspecified atom stereocenters. The van der Waals surface area contributed by atoms with E-state index >= 15 is 0 Å². The number of nitrogens with two attached hydrogens (primary N) is 2. The van der Waals surface area contributed by atoms with E-state index in [0.717, 1.165) is 4.90 Å². The van der Waals surface area contributed by atoms with Crippen LogP contribution in [0, 0.1) is 5.82 Å². The first-order valence-corrected chi connectivity index (χ1v) is 9.50. The molecule has 6 nitrogen and oxygen atoms in total. The van der Waals surface area contributed by atoms with Crippen molar-refractivity contribution in [2.45, 2.75) is 25.2 Å². The number of benzene rings is 1. The molecule has 0 radical (unpaired) electrons. The fourth-order valence-electron chi connectivity index (χ4n) is 3.60. The molecule has 4 N–H and O–H groups in total. The predicted octanol–water partition coefficient (Wildman–Crippen LogP) is 3.37. The van der Waals surface area contributed by atoms with Crippen LogP contribution in [0.25, 0.3) is 11.3 Å². The SMILES string of the molecule is NC1c2nc(-c3ccc(F)cc3)ccc2N(Cc2ccccn2)C(N)N1CC(F)(F)F. The Labute approximate surface area is 176 Å². The van der Waals surface area contributed by atoms with Crippen molar-refractivity contribution >= 4 is 5.69 Å². The summed E-state index contributed by atoms with van der Waals surface area (Å²) < 4.78 is 53.0. The monoisotopic (exact) mass is 432 g/mol. The summed E-state index contributed by atoms with van der Waals surface area (Å²) in [5.41, 5.74) is 14.9. The molecule has 0 fully saturated rings. The van der Waals surface area contributed by atoms with E-state index in [1.807, 2.05) is 0 Å². The Bertz CT molecular complexity index is 1040. The standard InChI is InChI=1S/C21H20F4N6/c22-14-6-4-13(5-7-14)16-8-9-17-18(29-16)19(26)31(12-21(23,24)25)20(27)30(17)11-15-3-1-2-10-28-15/h1-10,19-20H,11-12,26-27H2. The van der Waals surface area contributed by atoms with Crippen molar-refractivity contribution in [2.24, 2.45) is 11.5 Å². The van der Waals surface area contributed by atoms with Crippen molar-refractivity contribution < 1.29 is 17.6 Å². The second-order valence-electron chi connectivity index (χ2n) is 7.20. The Balaban J connectivity index is 1.77. The van der Waals surface area contributed by atoms with E-state index < -0.39 is 31.0 Å². The van der Waals surface area contributed by atoms with E-state index in [0.29, 0.717) is 22.6 Å². The number of pyridine rings is 2. The summed E-state index contributed by atoms with van der Waals surface area (Å²) in [6, 6.07) is 14.4. The normalized spacial score (nSPS) is 19.4. The lowest BCUT2D eigenvalue weighted by atomic mass is 10.1. The number of hydrogen-bond donors (Lipinski definition) is 2. The van der Waals surface area contributed by atoms with Gasteiger partial charge in [0.15, 0.2) is 0 Å². The molecular weight excluding hydrogens is 412 g/mol. The molecule has 3 heterocycles. The van der Waals surface area contributed by atoms with Crippen LogP contribution >= 0.6 is 0 Å². The van der Waals surface area contributed by atoms with Crippen molar-refractivity contribution in [1.82, 2.24) is 14.9 Å². The van der Waals surface area contributed by atoms with E-state index in [2.05, 4.69) is 9.97 Å². The molecule has 2 aromatic heterocycles. The molecule has 162 valence electrons. The molecule has 2 atom stereocenters. The number of alkyl halides is 3. The zero-order valence-electron chi connectivity index (χ0n) is 16.3. The minimum absolute atomic E-state index is 0.174. The molecule has 0 saturated heterocycles. The highest BCUT2D eigenvalue weighted by molar-refractivity contribution is 5.65. The van der Waals surface area contributed by atoms with Crippen LogP contribution in [0.2, 0.25) is 0 Å². The zero-order valence-corrected chi connectivity index (χ0v) is 16.3. The molecule has 1 aromatic carbocycles. The van der Waals surface area contributed by atoms with Crippen LogP contribution in [-0.4, -0.2) is 33.9 Å². The molecule has 0 aliphatic carbocycles. The lowest BCUT2D eigenvalue weighted by Gasteiger charge is -2.46. The lowest BCUT2D eigenvalue weighted by Crippen LogP contribution is -2.62. The molecule has 1 aliphatic rings. The van der Waals surface area contributed by atoms with E-state index in [1.165, 1.54) is 12.1 Å². The summed E-state index contributed by atoms with van der Waals surface area (Å²) in [4.78, 5) is 11.3. The highest BCUT2D eigenvalue weighted by atomic mass is 19.4. The van der Waals surface area contributed by atoms with Gasteiger partial charge in [0.05, 0.1) is 35.9 Å². The van der Waals surface area contributed by atoms with E-state index in [-0.39, 0.29) is 12.2 Å². The third-order valence-electron chi connectivity index (χ3n) is 5.07. The molecular formula is C21H20F4N6. The number of rotatable bonds is 4. The largest absolute Gasteiger partial charge is 0.401 e. The second kappa shape index (κ2) is 8.22. The van der Waals surface area contributed by atoms with Gasteiger partial charge in [0.25, 0.3) is 0 Å². The van der Waals surface area contributed by atoms with Gasteiger partial charge in [-0.3, -0.25) is 10.7 Å². The first-order valence-electron chi connectivity index (χ1n) is 9.50. The number of hydrogen-bond acceptors (Lipinski definition) is 6. The molecule has 31 heavy (non-hydrogen) atoms. The number of nitrogens with zero attached hydrogens (tertiary/aromatic N) is 4. The maximum Gasteiger partial charge on any atom is 0.401 e. The van der Waals surface area contributed by atoms with Gasteiger partial charge >= 0.3 is 6.18 Å². The van der Waals surface area contributed by atoms with Crippen LogP contribution in [-0.2, 0) is 6.54 Å². The first kappa shape index (κ1) is 21.2. The van der Waals surface area contributed by atoms with E-state index in [1.54, 1.807) is 53.6 Å². The van der Waals surface area contributed by atoms with Gasteiger partial charge in [-0.2, -0.15) is 13.2 Å². The smallest absolute Gasteiger partial charge is 0.336 e. The lowest BCUT2D eigenvalue weighted by molar-refractivity contribution is -0.158. The average Bonchev–Trinajstić information content (AvgIpc) is 2.74. The van der Waals surface area contributed by atoms with Crippen molar-refractivity contribution in [3.63, 3.8) is 0 Å². The van der Waals surface area contributed by atoms with E-state index in [9.17, 15) is 17.6 Å². The summed E-state index contributed by atoms with van der Waals surface area (Å²) >= 11 is 0. The van der Waals surface area contributed by atoms with Gasteiger partial charge in [-0.1, -0.05) is 6.07 Å². The van der Waals surface area contributed by atoms with Gasteiger partial charge in [0.2, 0.25) is 0 Å². The summed E-state index contributed by atoms with van der Waals surface area (Å²) in [5.74, 6) is -0.401. The van der Waals surface area contributed by atoms with Crippen molar-refractivity contribution in [3.05, 3.63) is 78.0 Å². The van der Waals surface area contributed by atoms with Crippen molar-refractivity contribution in [1.29, 1.82) is 0 Å². The highest BCUT2D eigenvalue weighted by Crippen LogP contribution is 2.37. The zero-order chi connectivity index (χ0) is 22.2. The van der Waals surface area contributed by atoms with Gasteiger partial charge in [0.1, 0.15) is 18.3 Å². The molecule has 0 saturated carbocycles. The topological polar surface area (TPSA) is 84.3 Å². The van der Waals surface area contributed by atoms with Crippen molar-refractivity contribution in [3.8, 4) is 11.3 Å². The quantitative estimate of drug-likeness (QED) is 0.615. The molecule has 10 heteroatoms. The van der Waals surface area contributed by atoms with Crippen LogP contribution in [0.1, 0.15) is 17.6 Å². The van der Waals surface area contributed by atoms with Crippen LogP contribution in [0.5, 0.6) is 0 Å². The van der Waals surface area contributed by atoms with Crippen molar-refractivity contribution in [2.75, 3.05) is 11.4 Å². The molecule has 0 amide bonds. The summed E-state index contributed by atoms with van der Waals surface area (Å²) in [6.07, 6.45) is -5.21. The van der Waals surface area contributed by atoms with Gasteiger partial charge in [0, 0.05) is 11.8 Å². The maximum absolute atomic E-state index is 13.3. The van der Waals surface area contributed by atoms with Crippen LogP contribution in [0.4, 0.5) is 23.2 Å². The Morgan fingerprint density at radius 1 is 0.968 bits per heavy atom. The third kappa shape index (κ3) is 4.50. The Kier molecular flexibility index (Phi) is 5.61. The highest BCUT2D eigenvalue weighted by Gasteiger charge is 2.42. The molecule has 4 rings (SSSR count). The fourth-order valence-corrected chi connectivity index (χ4v) is 3.60.